The molecule has 0 fully saturated rings. The number of pyridine rings is 1. The molecule has 17 heavy (non-hydrogen) atoms. The van der Waals surface area contributed by atoms with Crippen LogP contribution < -0.4 is 5.32 Å². The second-order valence-electron chi connectivity index (χ2n) is 3.73. The van der Waals surface area contributed by atoms with Gasteiger partial charge in [-0.15, -0.1) is 11.3 Å². The highest BCUT2D eigenvalue weighted by atomic mass is 79.9. The number of hydrogen-bond donors (Lipinski definition) is 1. The van der Waals surface area contributed by atoms with E-state index in [9.17, 15) is 0 Å². The topological polar surface area (TPSA) is 24.9 Å². The van der Waals surface area contributed by atoms with Gasteiger partial charge in [-0.25, -0.2) is 0 Å². The number of rotatable bonds is 3. The van der Waals surface area contributed by atoms with Crippen molar-refractivity contribution in [3.05, 3.63) is 48.8 Å². The summed E-state index contributed by atoms with van der Waals surface area (Å²) in [7, 11) is 1.96. The molecule has 90 valence electrons. The molecule has 0 aliphatic heterocycles. The van der Waals surface area contributed by atoms with Gasteiger partial charge in [0.2, 0.25) is 0 Å². The molecule has 0 spiro atoms. The number of nitrogens with zero attached hydrogens (tertiary/aromatic N) is 1. The standard InChI is InChI=1S/C12H12Br2N2S/c1-7-3-4-8(6-16-7)11(15-2)10-5-9(13)12(14)17-10/h3-6,11,15H,1-2H3. The minimum Gasteiger partial charge on any atom is -0.309 e. The summed E-state index contributed by atoms with van der Waals surface area (Å²) in [4.78, 5) is 5.60. The molecule has 1 atom stereocenters. The third-order valence-corrected chi connectivity index (χ3v) is 5.83. The first kappa shape index (κ1) is 13.2. The Kier molecular flexibility index (Phi) is 4.36. The van der Waals surface area contributed by atoms with Crippen molar-refractivity contribution >= 4 is 43.2 Å². The van der Waals surface area contributed by atoms with E-state index in [-0.39, 0.29) is 6.04 Å². The lowest BCUT2D eigenvalue weighted by molar-refractivity contribution is 0.700. The van der Waals surface area contributed by atoms with E-state index in [4.69, 9.17) is 0 Å². The first-order valence-electron chi connectivity index (χ1n) is 5.16. The van der Waals surface area contributed by atoms with Crippen LogP contribution in [0.3, 0.4) is 0 Å². The third kappa shape index (κ3) is 2.96. The third-order valence-electron chi connectivity index (χ3n) is 2.50. The smallest absolute Gasteiger partial charge is 0.0843 e. The monoisotopic (exact) mass is 374 g/mol. The van der Waals surface area contributed by atoms with Crippen LogP contribution in [-0.4, -0.2) is 12.0 Å². The van der Waals surface area contributed by atoms with Crippen molar-refractivity contribution in [1.29, 1.82) is 0 Å². The number of aryl methyl sites for hydroxylation is 1. The molecule has 0 aromatic carbocycles. The van der Waals surface area contributed by atoms with E-state index in [0.717, 1.165) is 14.0 Å². The Balaban J connectivity index is 2.36. The van der Waals surface area contributed by atoms with E-state index in [1.807, 2.05) is 26.2 Å². The van der Waals surface area contributed by atoms with Gasteiger partial charge in [-0.3, -0.25) is 4.98 Å². The van der Waals surface area contributed by atoms with Gasteiger partial charge >= 0.3 is 0 Å². The summed E-state index contributed by atoms with van der Waals surface area (Å²) < 4.78 is 2.21. The second-order valence-corrected chi connectivity index (χ2v) is 6.98. The van der Waals surface area contributed by atoms with Crippen LogP contribution in [0, 0.1) is 6.92 Å². The number of nitrogens with one attached hydrogen (secondary N) is 1. The number of thiophene rings is 1. The maximum atomic E-state index is 4.34. The summed E-state index contributed by atoms with van der Waals surface area (Å²) in [5, 5.41) is 3.32. The second kappa shape index (κ2) is 5.61. The fourth-order valence-electron chi connectivity index (χ4n) is 1.63. The fraction of sp³-hybridized carbons (Fsp3) is 0.250. The molecule has 2 nitrogen and oxygen atoms in total. The first-order valence-corrected chi connectivity index (χ1v) is 7.56. The minimum absolute atomic E-state index is 0.190. The molecule has 2 rings (SSSR count). The summed E-state index contributed by atoms with van der Waals surface area (Å²) in [6.07, 6.45) is 1.93. The highest BCUT2D eigenvalue weighted by molar-refractivity contribution is 9.13. The molecule has 0 saturated carbocycles. The average Bonchev–Trinajstić information content (AvgIpc) is 2.63. The zero-order chi connectivity index (χ0) is 12.4. The van der Waals surface area contributed by atoms with Gasteiger partial charge in [-0.1, -0.05) is 6.07 Å². The number of halogens is 2. The van der Waals surface area contributed by atoms with Crippen molar-refractivity contribution in [2.24, 2.45) is 0 Å². The summed E-state index contributed by atoms with van der Waals surface area (Å²) in [5.74, 6) is 0. The van der Waals surface area contributed by atoms with E-state index < -0.39 is 0 Å². The zero-order valence-electron chi connectivity index (χ0n) is 9.50. The van der Waals surface area contributed by atoms with Gasteiger partial charge < -0.3 is 5.32 Å². The molecule has 5 heteroatoms. The Labute approximate surface area is 122 Å². The number of hydrogen-bond acceptors (Lipinski definition) is 3. The summed E-state index contributed by atoms with van der Waals surface area (Å²) in [6, 6.07) is 6.48. The van der Waals surface area contributed by atoms with Crippen molar-refractivity contribution in [2.75, 3.05) is 7.05 Å². The van der Waals surface area contributed by atoms with Gasteiger partial charge in [0.05, 0.1) is 9.83 Å². The van der Waals surface area contributed by atoms with Crippen molar-refractivity contribution < 1.29 is 0 Å². The predicted molar refractivity (Wildman–Crippen MR) is 79.6 cm³/mol. The quantitative estimate of drug-likeness (QED) is 0.865. The van der Waals surface area contributed by atoms with Crippen LogP contribution in [0.5, 0.6) is 0 Å². The Hall–Kier alpha value is -0.230. The molecule has 0 aliphatic rings. The Morgan fingerprint density at radius 2 is 2.12 bits per heavy atom. The molecular weight excluding hydrogens is 364 g/mol. The summed E-state index contributed by atoms with van der Waals surface area (Å²) in [5.41, 5.74) is 2.22. The minimum atomic E-state index is 0.190. The lowest BCUT2D eigenvalue weighted by Crippen LogP contribution is -2.16. The van der Waals surface area contributed by atoms with Gasteiger partial charge in [0.25, 0.3) is 0 Å². The Bertz CT molecular complexity index is 488. The van der Waals surface area contributed by atoms with Crippen molar-refractivity contribution in [3.63, 3.8) is 0 Å². The van der Waals surface area contributed by atoms with E-state index in [2.05, 4.69) is 54.3 Å². The molecule has 1 N–H and O–H groups in total. The van der Waals surface area contributed by atoms with Crippen LogP contribution in [0.25, 0.3) is 0 Å². The van der Waals surface area contributed by atoms with Crippen LogP contribution in [0.1, 0.15) is 22.2 Å². The molecule has 0 amide bonds. The maximum absolute atomic E-state index is 4.34. The Morgan fingerprint density at radius 3 is 2.59 bits per heavy atom. The van der Waals surface area contributed by atoms with Crippen molar-refractivity contribution in [1.82, 2.24) is 10.3 Å². The van der Waals surface area contributed by atoms with Gasteiger partial charge in [0.15, 0.2) is 0 Å². The van der Waals surface area contributed by atoms with E-state index in [1.54, 1.807) is 11.3 Å². The lowest BCUT2D eigenvalue weighted by atomic mass is 10.1. The fourth-order valence-corrected chi connectivity index (χ4v) is 3.86. The van der Waals surface area contributed by atoms with Gasteiger partial charge in [-0.05, 0) is 63.5 Å². The van der Waals surface area contributed by atoms with Gasteiger partial charge in [0.1, 0.15) is 0 Å². The largest absolute Gasteiger partial charge is 0.309 e. The van der Waals surface area contributed by atoms with Crippen LogP contribution in [0.2, 0.25) is 0 Å². The van der Waals surface area contributed by atoms with Crippen molar-refractivity contribution in [3.8, 4) is 0 Å². The van der Waals surface area contributed by atoms with E-state index >= 15 is 0 Å². The predicted octanol–water partition coefficient (Wildman–Crippen LogP) is 4.29. The van der Waals surface area contributed by atoms with E-state index in [1.165, 1.54) is 10.4 Å². The van der Waals surface area contributed by atoms with Gasteiger partial charge in [-0.2, -0.15) is 0 Å². The van der Waals surface area contributed by atoms with Crippen molar-refractivity contribution in [2.45, 2.75) is 13.0 Å². The lowest BCUT2D eigenvalue weighted by Gasteiger charge is -2.14. The van der Waals surface area contributed by atoms with Crippen LogP contribution >= 0.6 is 43.2 Å². The van der Waals surface area contributed by atoms with E-state index in [0.29, 0.717) is 0 Å². The molecule has 2 heterocycles. The summed E-state index contributed by atoms with van der Waals surface area (Å²) in [6.45, 7) is 2.00. The normalized spacial score (nSPS) is 12.7. The Morgan fingerprint density at radius 1 is 1.35 bits per heavy atom. The first-order chi connectivity index (χ1) is 8.11. The maximum Gasteiger partial charge on any atom is 0.0843 e. The highest BCUT2D eigenvalue weighted by Gasteiger charge is 2.16. The molecule has 0 bridgehead atoms. The highest BCUT2D eigenvalue weighted by Crippen LogP contribution is 2.37. The van der Waals surface area contributed by atoms with Crippen LogP contribution in [0.4, 0.5) is 0 Å². The van der Waals surface area contributed by atoms with Crippen LogP contribution in [0.15, 0.2) is 32.7 Å². The van der Waals surface area contributed by atoms with Crippen LogP contribution in [-0.2, 0) is 0 Å². The molecule has 0 saturated heterocycles. The SMILES string of the molecule is CNC(c1ccc(C)nc1)c1cc(Br)c(Br)s1. The molecule has 0 radical (unpaired) electrons. The zero-order valence-corrected chi connectivity index (χ0v) is 13.5. The molecule has 1 unspecified atom stereocenters. The molecule has 0 aliphatic carbocycles. The average molecular weight is 376 g/mol. The molecular formula is C12H12Br2N2S. The molecule has 2 aromatic rings. The summed E-state index contributed by atoms with van der Waals surface area (Å²) >= 11 is 8.77. The number of aromatic nitrogens is 1. The van der Waals surface area contributed by atoms with Gasteiger partial charge in [0, 0.05) is 21.2 Å². The molecule has 2 aromatic heterocycles.